The molecule has 0 aliphatic rings. The Morgan fingerprint density at radius 2 is 0.900 bits per heavy atom. The molecule has 0 saturated carbocycles. The number of hydrogen-bond acceptors (Lipinski definition) is 1. The number of para-hydroxylation sites is 4. The number of rotatable bonds is 2. The van der Waals surface area contributed by atoms with Gasteiger partial charge in [0.15, 0.2) is 0 Å². The quantitative estimate of drug-likeness (QED) is 0.227. The summed E-state index contributed by atoms with van der Waals surface area (Å²) in [7, 11) is 0. The predicted molar refractivity (Wildman–Crippen MR) is 168 cm³/mol. The van der Waals surface area contributed by atoms with Crippen LogP contribution in [0, 0.1) is 0 Å². The van der Waals surface area contributed by atoms with E-state index in [4.69, 9.17) is 4.98 Å². The normalized spacial score (nSPS) is 12.0. The van der Waals surface area contributed by atoms with Crippen molar-refractivity contribution in [3.63, 3.8) is 0 Å². The topological polar surface area (TPSA) is 22.8 Å². The van der Waals surface area contributed by atoms with Crippen LogP contribution in [0.15, 0.2) is 140 Å². The van der Waals surface area contributed by atoms with Gasteiger partial charge in [0.2, 0.25) is 0 Å². The molecule has 0 aliphatic heterocycles. The molecule has 40 heavy (non-hydrogen) atoms. The summed E-state index contributed by atoms with van der Waals surface area (Å²) in [6, 6.07) is 49.9. The third-order valence-corrected chi connectivity index (χ3v) is 8.29. The largest absolute Gasteiger partial charge is 0.309 e. The number of nitrogens with zero attached hydrogens (tertiary/aromatic N) is 3. The smallest absolute Gasteiger partial charge is 0.138 e. The minimum atomic E-state index is 0.932. The molecule has 0 saturated heterocycles. The van der Waals surface area contributed by atoms with E-state index in [2.05, 4.69) is 149 Å². The first kappa shape index (κ1) is 21.5. The Labute approximate surface area is 230 Å². The number of hydrogen-bond donors (Lipinski definition) is 0. The van der Waals surface area contributed by atoms with Crippen LogP contribution in [0.3, 0.4) is 0 Å². The molecule has 186 valence electrons. The Bertz CT molecular complexity index is 2430. The summed E-state index contributed by atoms with van der Waals surface area (Å²) in [6.07, 6.45) is 0. The summed E-state index contributed by atoms with van der Waals surface area (Å²) in [5, 5.41) is 8.59. The summed E-state index contributed by atoms with van der Waals surface area (Å²) in [6.45, 7) is 0. The van der Waals surface area contributed by atoms with Gasteiger partial charge < -0.3 is 4.57 Å². The lowest BCUT2D eigenvalue weighted by Crippen LogP contribution is -1.98. The lowest BCUT2D eigenvalue weighted by atomic mass is 10.0. The van der Waals surface area contributed by atoms with E-state index < -0.39 is 0 Å². The van der Waals surface area contributed by atoms with Crippen LogP contribution < -0.4 is 0 Å². The van der Waals surface area contributed by atoms with Gasteiger partial charge in [-0.15, -0.1) is 0 Å². The fraction of sp³-hybridized carbons (Fsp3) is 0. The molecule has 6 aromatic carbocycles. The third kappa shape index (κ3) is 2.86. The molecule has 0 fully saturated rings. The van der Waals surface area contributed by atoms with Gasteiger partial charge in [-0.3, -0.25) is 4.57 Å². The molecule has 0 aliphatic carbocycles. The van der Waals surface area contributed by atoms with Gasteiger partial charge in [-0.2, -0.15) is 0 Å². The van der Waals surface area contributed by atoms with Crippen molar-refractivity contribution in [2.75, 3.05) is 0 Å². The number of fused-ring (bicyclic) bond motifs is 10. The van der Waals surface area contributed by atoms with Crippen LogP contribution in [0.25, 0.3) is 76.8 Å². The van der Waals surface area contributed by atoms with Gasteiger partial charge in [0.05, 0.1) is 27.6 Å². The SMILES string of the molecule is c1ccc(-n2c3ccccc3c3ccc4c(ccc5c6ccccc6n(-c6ccc7ccccc7n6)c54)c32)cc1. The van der Waals surface area contributed by atoms with E-state index in [1.165, 1.54) is 48.9 Å². The molecular weight excluding hydrogens is 486 g/mol. The zero-order valence-corrected chi connectivity index (χ0v) is 21.6. The summed E-state index contributed by atoms with van der Waals surface area (Å²) < 4.78 is 4.76. The molecule has 0 N–H and O–H groups in total. The molecule has 0 amide bonds. The van der Waals surface area contributed by atoms with E-state index >= 15 is 0 Å². The molecule has 9 aromatic rings. The van der Waals surface area contributed by atoms with Crippen molar-refractivity contribution in [3.8, 4) is 11.5 Å². The van der Waals surface area contributed by atoms with Crippen LogP contribution in [0.5, 0.6) is 0 Å². The standard InChI is InChI=1S/C37H23N3/c1-2-11-25(12-3-1)39-33-16-8-5-13-26(33)28-19-22-31-30(36(28)39)21-20-29-27-14-6-9-17-34(27)40(37(29)31)35-23-18-24-10-4-7-15-32(24)38-35/h1-23H. The van der Waals surface area contributed by atoms with E-state index in [0.717, 1.165) is 27.9 Å². The molecule has 0 spiro atoms. The van der Waals surface area contributed by atoms with E-state index in [9.17, 15) is 0 Å². The van der Waals surface area contributed by atoms with Crippen LogP contribution in [-0.4, -0.2) is 14.1 Å². The number of pyridine rings is 1. The van der Waals surface area contributed by atoms with Crippen molar-refractivity contribution in [1.82, 2.24) is 14.1 Å². The molecule has 0 bridgehead atoms. The first-order chi connectivity index (χ1) is 19.9. The van der Waals surface area contributed by atoms with Crippen molar-refractivity contribution < 1.29 is 0 Å². The lowest BCUT2D eigenvalue weighted by molar-refractivity contribution is 1.11. The Hall–Kier alpha value is -5.41. The minimum Gasteiger partial charge on any atom is -0.309 e. The van der Waals surface area contributed by atoms with Gasteiger partial charge in [-0.05, 0) is 42.5 Å². The summed E-state index contributed by atoms with van der Waals surface area (Å²) in [5.41, 5.74) is 6.96. The first-order valence-corrected chi connectivity index (χ1v) is 13.7. The summed E-state index contributed by atoms with van der Waals surface area (Å²) in [5.74, 6) is 0.932. The molecule has 0 atom stereocenters. The fourth-order valence-electron chi connectivity index (χ4n) is 6.59. The van der Waals surface area contributed by atoms with Crippen molar-refractivity contribution in [3.05, 3.63) is 140 Å². The minimum absolute atomic E-state index is 0.932. The summed E-state index contributed by atoms with van der Waals surface area (Å²) in [4.78, 5) is 5.14. The van der Waals surface area contributed by atoms with Crippen LogP contribution in [0.1, 0.15) is 0 Å². The molecule has 0 unspecified atom stereocenters. The molecule has 0 radical (unpaired) electrons. The molecule has 3 nitrogen and oxygen atoms in total. The third-order valence-electron chi connectivity index (χ3n) is 8.29. The van der Waals surface area contributed by atoms with Gasteiger partial charge >= 0.3 is 0 Å². The van der Waals surface area contributed by atoms with Gasteiger partial charge in [-0.1, -0.05) is 97.1 Å². The van der Waals surface area contributed by atoms with E-state index in [1.807, 2.05) is 0 Å². The van der Waals surface area contributed by atoms with Crippen LogP contribution in [0.4, 0.5) is 0 Å². The fourth-order valence-corrected chi connectivity index (χ4v) is 6.59. The molecule has 3 heteroatoms. The van der Waals surface area contributed by atoms with Gasteiger partial charge in [0.1, 0.15) is 5.82 Å². The highest BCUT2D eigenvalue weighted by atomic mass is 15.1. The average molecular weight is 510 g/mol. The van der Waals surface area contributed by atoms with Crippen LogP contribution in [-0.2, 0) is 0 Å². The van der Waals surface area contributed by atoms with Crippen molar-refractivity contribution >= 4 is 65.3 Å². The summed E-state index contributed by atoms with van der Waals surface area (Å²) >= 11 is 0. The second-order valence-corrected chi connectivity index (χ2v) is 10.4. The maximum Gasteiger partial charge on any atom is 0.138 e. The molecule has 9 rings (SSSR count). The highest BCUT2D eigenvalue weighted by Gasteiger charge is 2.20. The average Bonchev–Trinajstić information content (AvgIpc) is 3.55. The van der Waals surface area contributed by atoms with E-state index in [0.29, 0.717) is 0 Å². The van der Waals surface area contributed by atoms with Crippen LogP contribution >= 0.6 is 0 Å². The van der Waals surface area contributed by atoms with Crippen molar-refractivity contribution in [2.45, 2.75) is 0 Å². The maximum absolute atomic E-state index is 5.14. The predicted octanol–water partition coefficient (Wildman–Crippen LogP) is 9.58. The number of aromatic nitrogens is 3. The second-order valence-electron chi connectivity index (χ2n) is 10.4. The lowest BCUT2D eigenvalue weighted by Gasteiger charge is -2.12. The Morgan fingerprint density at radius 3 is 1.60 bits per heavy atom. The highest BCUT2D eigenvalue weighted by molar-refractivity contribution is 6.26. The van der Waals surface area contributed by atoms with E-state index in [1.54, 1.807) is 0 Å². The maximum atomic E-state index is 5.14. The molecule has 3 aromatic heterocycles. The van der Waals surface area contributed by atoms with Gasteiger partial charge in [0, 0.05) is 43.4 Å². The zero-order chi connectivity index (χ0) is 26.2. The highest BCUT2D eigenvalue weighted by Crippen LogP contribution is 2.41. The molecule has 3 heterocycles. The molecular formula is C37H23N3. The number of benzene rings is 6. The second kappa shape index (κ2) is 8.05. The monoisotopic (exact) mass is 509 g/mol. The Kier molecular flexibility index (Phi) is 4.33. The Balaban J connectivity index is 1.49. The van der Waals surface area contributed by atoms with Gasteiger partial charge in [-0.25, -0.2) is 4.98 Å². The van der Waals surface area contributed by atoms with Crippen molar-refractivity contribution in [1.29, 1.82) is 0 Å². The van der Waals surface area contributed by atoms with E-state index in [-0.39, 0.29) is 0 Å². The van der Waals surface area contributed by atoms with Crippen molar-refractivity contribution in [2.24, 2.45) is 0 Å². The zero-order valence-electron chi connectivity index (χ0n) is 21.6. The van der Waals surface area contributed by atoms with Crippen LogP contribution in [0.2, 0.25) is 0 Å². The van der Waals surface area contributed by atoms with Gasteiger partial charge in [0.25, 0.3) is 0 Å². The Morgan fingerprint density at radius 1 is 0.375 bits per heavy atom. The first-order valence-electron chi connectivity index (χ1n) is 13.7.